The molecule has 1 aliphatic carbocycles. The highest BCUT2D eigenvalue weighted by Gasteiger charge is 2.30. The van der Waals surface area contributed by atoms with Crippen molar-refractivity contribution in [1.82, 2.24) is 15.5 Å². The third-order valence-corrected chi connectivity index (χ3v) is 3.91. The number of carbonyl (C=O) groups is 1. The molecule has 1 aliphatic rings. The molecule has 3 rings (SSSR count). The number of hydrogen-bond donors (Lipinski definition) is 3. The van der Waals surface area contributed by atoms with Gasteiger partial charge in [-0.2, -0.15) is 5.10 Å². The Balaban J connectivity index is 1.68. The Bertz CT molecular complexity index is 557. The first kappa shape index (κ1) is 11.3. The number of H-pyrrole nitrogens is 1. The number of hydrogen-bond acceptors (Lipinski definition) is 4. The average molecular weight is 262 g/mol. The van der Waals surface area contributed by atoms with Crippen LogP contribution in [0.5, 0.6) is 0 Å². The van der Waals surface area contributed by atoms with Crippen LogP contribution in [0.1, 0.15) is 39.8 Å². The topological polar surface area (TPSA) is 83.8 Å². The van der Waals surface area contributed by atoms with E-state index in [1.807, 2.05) is 17.5 Å². The fourth-order valence-corrected chi connectivity index (χ4v) is 2.53. The number of nitrogens with one attached hydrogen (secondary N) is 2. The highest BCUT2D eigenvalue weighted by atomic mass is 32.1. The van der Waals surface area contributed by atoms with Crippen LogP contribution in [0.4, 0.5) is 5.69 Å². The molecule has 0 radical (unpaired) electrons. The molecular formula is C12H14N4OS. The standard InChI is InChI=1S/C12H14N4OS/c13-9-10(7-3-4-7)15-16-11(9)12(17)14-6-8-2-1-5-18-8/h1-2,5,7H,3-4,6,13H2,(H,14,17)(H,15,16). The molecule has 1 fully saturated rings. The van der Waals surface area contributed by atoms with Crippen molar-refractivity contribution >= 4 is 22.9 Å². The molecule has 1 amide bonds. The van der Waals surface area contributed by atoms with Crippen molar-refractivity contribution in [3.63, 3.8) is 0 Å². The summed E-state index contributed by atoms with van der Waals surface area (Å²) in [4.78, 5) is 13.1. The Kier molecular flexibility index (Phi) is 2.79. The van der Waals surface area contributed by atoms with Gasteiger partial charge in [-0.15, -0.1) is 11.3 Å². The summed E-state index contributed by atoms with van der Waals surface area (Å²) in [5.74, 6) is 0.250. The Hall–Kier alpha value is -1.82. The molecule has 5 nitrogen and oxygen atoms in total. The molecule has 18 heavy (non-hydrogen) atoms. The number of aromatic amines is 1. The predicted molar refractivity (Wildman–Crippen MR) is 70.5 cm³/mol. The number of aromatic nitrogens is 2. The van der Waals surface area contributed by atoms with Crippen LogP contribution in [0, 0.1) is 0 Å². The van der Waals surface area contributed by atoms with Crippen LogP contribution in [0.25, 0.3) is 0 Å². The summed E-state index contributed by atoms with van der Waals surface area (Å²) in [6.07, 6.45) is 2.26. The molecule has 2 aromatic heterocycles. The van der Waals surface area contributed by atoms with Gasteiger partial charge in [-0.3, -0.25) is 9.89 Å². The molecule has 0 unspecified atom stereocenters. The Morgan fingerprint density at radius 1 is 1.61 bits per heavy atom. The van der Waals surface area contributed by atoms with Crippen molar-refractivity contribution in [2.75, 3.05) is 5.73 Å². The van der Waals surface area contributed by atoms with Crippen molar-refractivity contribution in [2.45, 2.75) is 25.3 Å². The summed E-state index contributed by atoms with van der Waals surface area (Å²) >= 11 is 1.61. The fourth-order valence-electron chi connectivity index (χ4n) is 1.88. The molecule has 0 spiro atoms. The van der Waals surface area contributed by atoms with Crippen LogP contribution >= 0.6 is 11.3 Å². The smallest absolute Gasteiger partial charge is 0.274 e. The summed E-state index contributed by atoms with van der Waals surface area (Å²) in [6.45, 7) is 0.515. The maximum absolute atomic E-state index is 11.9. The fraction of sp³-hybridized carbons (Fsp3) is 0.333. The molecule has 2 heterocycles. The van der Waals surface area contributed by atoms with Gasteiger partial charge in [0, 0.05) is 10.8 Å². The first-order chi connectivity index (χ1) is 8.75. The SMILES string of the molecule is Nc1c(C(=O)NCc2cccs2)n[nH]c1C1CC1. The quantitative estimate of drug-likeness (QED) is 0.786. The highest BCUT2D eigenvalue weighted by molar-refractivity contribution is 7.09. The molecule has 94 valence electrons. The molecule has 0 atom stereocenters. The number of carbonyl (C=O) groups excluding carboxylic acids is 1. The number of thiophene rings is 1. The van der Waals surface area contributed by atoms with Crippen molar-refractivity contribution < 1.29 is 4.79 Å². The zero-order valence-corrected chi connectivity index (χ0v) is 10.6. The van der Waals surface area contributed by atoms with E-state index in [1.54, 1.807) is 11.3 Å². The van der Waals surface area contributed by atoms with Gasteiger partial charge in [-0.1, -0.05) is 6.07 Å². The summed E-state index contributed by atoms with van der Waals surface area (Å²) in [6, 6.07) is 3.94. The first-order valence-corrected chi connectivity index (χ1v) is 6.78. The van der Waals surface area contributed by atoms with Crippen LogP contribution in [0.2, 0.25) is 0 Å². The maximum Gasteiger partial charge on any atom is 0.274 e. The summed E-state index contributed by atoms with van der Waals surface area (Å²) in [5.41, 5.74) is 7.67. The molecule has 1 saturated carbocycles. The minimum absolute atomic E-state index is 0.218. The lowest BCUT2D eigenvalue weighted by Crippen LogP contribution is -2.23. The molecule has 2 aromatic rings. The number of nitrogen functional groups attached to an aromatic ring is 1. The van der Waals surface area contributed by atoms with E-state index in [0.717, 1.165) is 23.4 Å². The van der Waals surface area contributed by atoms with Gasteiger partial charge in [-0.25, -0.2) is 0 Å². The summed E-state index contributed by atoms with van der Waals surface area (Å²) in [5, 5.41) is 11.7. The van der Waals surface area contributed by atoms with Crippen LogP contribution in [0.15, 0.2) is 17.5 Å². The van der Waals surface area contributed by atoms with E-state index < -0.39 is 0 Å². The van der Waals surface area contributed by atoms with Crippen LogP contribution < -0.4 is 11.1 Å². The van der Waals surface area contributed by atoms with Gasteiger partial charge in [0.2, 0.25) is 0 Å². The Labute approximate surface area is 108 Å². The lowest BCUT2D eigenvalue weighted by atomic mass is 10.2. The van der Waals surface area contributed by atoms with Gasteiger partial charge >= 0.3 is 0 Å². The van der Waals surface area contributed by atoms with E-state index in [-0.39, 0.29) is 5.91 Å². The van der Waals surface area contributed by atoms with E-state index >= 15 is 0 Å². The third kappa shape index (κ3) is 2.11. The Morgan fingerprint density at radius 2 is 2.44 bits per heavy atom. The van der Waals surface area contributed by atoms with E-state index in [4.69, 9.17) is 5.73 Å². The van der Waals surface area contributed by atoms with Crippen LogP contribution in [-0.2, 0) is 6.54 Å². The molecule has 0 aliphatic heterocycles. The van der Waals surface area contributed by atoms with Gasteiger partial charge in [0.25, 0.3) is 5.91 Å². The number of nitrogens with two attached hydrogens (primary N) is 1. The van der Waals surface area contributed by atoms with Crippen molar-refractivity contribution in [3.8, 4) is 0 Å². The van der Waals surface area contributed by atoms with Gasteiger partial charge in [0.1, 0.15) is 0 Å². The maximum atomic E-state index is 11.9. The monoisotopic (exact) mass is 262 g/mol. The van der Waals surface area contributed by atoms with E-state index in [0.29, 0.717) is 23.8 Å². The molecule has 0 saturated heterocycles. The molecule has 6 heteroatoms. The van der Waals surface area contributed by atoms with Gasteiger partial charge in [0.15, 0.2) is 5.69 Å². The molecule has 0 aromatic carbocycles. The lowest BCUT2D eigenvalue weighted by molar-refractivity contribution is 0.0947. The van der Waals surface area contributed by atoms with Crippen LogP contribution in [-0.4, -0.2) is 16.1 Å². The second kappa shape index (κ2) is 4.45. The minimum atomic E-state index is -0.218. The molecular weight excluding hydrogens is 248 g/mol. The van der Waals surface area contributed by atoms with E-state index in [2.05, 4.69) is 15.5 Å². The Morgan fingerprint density at radius 3 is 3.11 bits per heavy atom. The summed E-state index contributed by atoms with van der Waals surface area (Å²) < 4.78 is 0. The average Bonchev–Trinajstić information content (AvgIpc) is 2.93. The minimum Gasteiger partial charge on any atom is -0.395 e. The third-order valence-electron chi connectivity index (χ3n) is 3.04. The van der Waals surface area contributed by atoms with Crippen molar-refractivity contribution in [1.29, 1.82) is 0 Å². The van der Waals surface area contributed by atoms with Crippen molar-refractivity contribution in [2.24, 2.45) is 0 Å². The van der Waals surface area contributed by atoms with E-state index in [9.17, 15) is 4.79 Å². The van der Waals surface area contributed by atoms with E-state index in [1.165, 1.54) is 0 Å². The highest BCUT2D eigenvalue weighted by Crippen LogP contribution is 2.42. The molecule has 4 N–H and O–H groups in total. The zero-order valence-electron chi connectivity index (χ0n) is 9.77. The number of rotatable bonds is 4. The molecule has 0 bridgehead atoms. The van der Waals surface area contributed by atoms with Crippen LogP contribution in [0.3, 0.4) is 0 Å². The number of anilines is 1. The first-order valence-electron chi connectivity index (χ1n) is 5.90. The number of nitrogens with zero attached hydrogens (tertiary/aromatic N) is 1. The number of amides is 1. The summed E-state index contributed by atoms with van der Waals surface area (Å²) in [7, 11) is 0. The zero-order chi connectivity index (χ0) is 12.5. The van der Waals surface area contributed by atoms with Gasteiger partial charge in [0.05, 0.1) is 17.9 Å². The largest absolute Gasteiger partial charge is 0.395 e. The van der Waals surface area contributed by atoms with Gasteiger partial charge < -0.3 is 11.1 Å². The second-order valence-electron chi connectivity index (χ2n) is 4.44. The van der Waals surface area contributed by atoms with Gasteiger partial charge in [-0.05, 0) is 24.3 Å². The predicted octanol–water partition coefficient (Wildman–Crippen LogP) is 1.86. The lowest BCUT2D eigenvalue weighted by Gasteiger charge is -2.02. The second-order valence-corrected chi connectivity index (χ2v) is 5.47. The normalized spacial score (nSPS) is 14.7. The van der Waals surface area contributed by atoms with Crippen molar-refractivity contribution in [3.05, 3.63) is 33.8 Å².